The summed E-state index contributed by atoms with van der Waals surface area (Å²) in [5.41, 5.74) is 4.32. The zero-order chi connectivity index (χ0) is 26.5. The van der Waals surface area contributed by atoms with Crippen LogP contribution in [0.25, 0.3) is 0 Å². The van der Waals surface area contributed by atoms with Crippen LogP contribution in [-0.2, 0) is 29.0 Å². The van der Waals surface area contributed by atoms with Crippen molar-refractivity contribution in [3.8, 4) is 0 Å². The average Bonchev–Trinajstić information content (AvgIpc) is 2.79. The number of rotatable bonds is 8. The summed E-state index contributed by atoms with van der Waals surface area (Å²) in [6.07, 6.45) is 0.569. The third-order valence-corrected chi connectivity index (χ3v) is 6.56. The number of hydrogen-bond acceptors (Lipinski definition) is 2. The second kappa shape index (κ2) is 11.9. The number of carbonyl (C=O) groups is 2. The van der Waals surface area contributed by atoms with Crippen molar-refractivity contribution in [2.45, 2.75) is 65.6 Å². The van der Waals surface area contributed by atoms with E-state index in [1.807, 2.05) is 89.2 Å². The van der Waals surface area contributed by atoms with E-state index in [0.29, 0.717) is 16.5 Å². The molecule has 0 fully saturated rings. The molecule has 0 saturated heterocycles. The van der Waals surface area contributed by atoms with Crippen molar-refractivity contribution >= 4 is 35.0 Å². The van der Waals surface area contributed by atoms with Crippen molar-refractivity contribution in [2.24, 2.45) is 0 Å². The molecule has 3 rings (SSSR count). The third-order valence-electron chi connectivity index (χ3n) is 5.97. The average molecular weight is 526 g/mol. The van der Waals surface area contributed by atoms with Crippen LogP contribution in [0.1, 0.15) is 48.6 Å². The molecule has 3 aromatic carbocycles. The Kier molecular flexibility index (Phi) is 9.21. The Bertz CT molecular complexity index is 1220. The molecule has 0 aromatic heterocycles. The van der Waals surface area contributed by atoms with Crippen molar-refractivity contribution in [3.63, 3.8) is 0 Å². The Balaban J connectivity index is 2.05. The minimum Gasteiger partial charge on any atom is -0.350 e. The van der Waals surface area contributed by atoms with Crippen LogP contribution in [0.4, 0.5) is 0 Å². The lowest BCUT2D eigenvalue weighted by Gasteiger charge is -2.34. The fourth-order valence-electron chi connectivity index (χ4n) is 4.10. The van der Waals surface area contributed by atoms with Crippen LogP contribution < -0.4 is 5.32 Å². The fraction of sp³-hybridized carbons (Fsp3) is 0.333. The van der Waals surface area contributed by atoms with Gasteiger partial charge in [-0.25, -0.2) is 0 Å². The van der Waals surface area contributed by atoms with Gasteiger partial charge in [-0.1, -0.05) is 83.4 Å². The van der Waals surface area contributed by atoms with E-state index in [-0.39, 0.29) is 24.8 Å². The molecular formula is C30H34Cl2N2O2. The van der Waals surface area contributed by atoms with Crippen LogP contribution >= 0.6 is 23.2 Å². The van der Waals surface area contributed by atoms with E-state index in [1.165, 1.54) is 0 Å². The second-order valence-corrected chi connectivity index (χ2v) is 11.2. The molecule has 1 atom stereocenters. The van der Waals surface area contributed by atoms with Crippen LogP contribution in [0.3, 0.4) is 0 Å². The minimum atomic E-state index is -0.726. The summed E-state index contributed by atoms with van der Waals surface area (Å²) < 4.78 is 0. The molecule has 0 aliphatic heterocycles. The topological polar surface area (TPSA) is 49.4 Å². The van der Waals surface area contributed by atoms with Crippen LogP contribution in [0.2, 0.25) is 10.0 Å². The molecule has 6 heteroatoms. The number of hydrogen-bond donors (Lipinski definition) is 1. The quantitative estimate of drug-likeness (QED) is 0.356. The smallest absolute Gasteiger partial charge is 0.243 e. The summed E-state index contributed by atoms with van der Waals surface area (Å²) in [6.45, 7) is 9.99. The second-order valence-electron chi connectivity index (χ2n) is 10.3. The Morgan fingerprint density at radius 2 is 1.61 bits per heavy atom. The highest BCUT2D eigenvalue weighted by Gasteiger charge is 2.32. The number of nitrogens with one attached hydrogen (secondary N) is 1. The maximum absolute atomic E-state index is 13.9. The van der Waals surface area contributed by atoms with Gasteiger partial charge < -0.3 is 10.2 Å². The highest BCUT2D eigenvalue weighted by atomic mass is 35.5. The van der Waals surface area contributed by atoms with E-state index in [9.17, 15) is 9.59 Å². The van der Waals surface area contributed by atoms with Crippen molar-refractivity contribution in [1.82, 2.24) is 10.2 Å². The highest BCUT2D eigenvalue weighted by Crippen LogP contribution is 2.25. The van der Waals surface area contributed by atoms with Gasteiger partial charge in [0.1, 0.15) is 6.04 Å². The summed E-state index contributed by atoms with van der Waals surface area (Å²) in [4.78, 5) is 29.2. The lowest BCUT2D eigenvalue weighted by Crippen LogP contribution is -2.54. The van der Waals surface area contributed by atoms with E-state index in [0.717, 1.165) is 27.8 Å². The number of halogens is 2. The van der Waals surface area contributed by atoms with Gasteiger partial charge in [0.25, 0.3) is 0 Å². The largest absolute Gasteiger partial charge is 0.350 e. The monoisotopic (exact) mass is 524 g/mol. The lowest BCUT2D eigenvalue weighted by atomic mass is 9.98. The standard InChI is InChI=1S/C30H34Cl2N2O2/c1-20-11-12-21(2)24(15-20)17-28(35)34(19-23-13-14-25(31)18-26(23)32)27(29(36)33-30(3,4)5)16-22-9-7-6-8-10-22/h6-15,18,27H,16-17,19H2,1-5H3,(H,33,36). The molecule has 2 amide bonds. The molecule has 0 saturated carbocycles. The van der Waals surface area contributed by atoms with Gasteiger partial charge in [0.2, 0.25) is 11.8 Å². The first kappa shape index (κ1) is 27.8. The number of aryl methyl sites for hydroxylation is 2. The fourth-order valence-corrected chi connectivity index (χ4v) is 4.56. The predicted molar refractivity (Wildman–Crippen MR) is 148 cm³/mol. The van der Waals surface area contributed by atoms with Gasteiger partial charge in [0, 0.05) is 28.5 Å². The molecule has 0 spiro atoms. The predicted octanol–water partition coefficient (Wildman–Crippen LogP) is 6.71. The first-order valence-electron chi connectivity index (χ1n) is 12.1. The molecule has 0 bridgehead atoms. The van der Waals surface area contributed by atoms with Gasteiger partial charge in [-0.05, 0) is 69.0 Å². The van der Waals surface area contributed by atoms with Gasteiger partial charge in [-0.3, -0.25) is 9.59 Å². The summed E-state index contributed by atoms with van der Waals surface area (Å²) >= 11 is 12.6. The number of benzene rings is 3. The van der Waals surface area contributed by atoms with E-state index in [4.69, 9.17) is 23.2 Å². The summed E-state index contributed by atoms with van der Waals surface area (Å²) in [6, 6.07) is 20.3. The molecule has 190 valence electrons. The first-order valence-corrected chi connectivity index (χ1v) is 12.8. The van der Waals surface area contributed by atoms with E-state index in [2.05, 4.69) is 5.32 Å². The molecule has 1 unspecified atom stereocenters. The molecule has 36 heavy (non-hydrogen) atoms. The molecule has 4 nitrogen and oxygen atoms in total. The van der Waals surface area contributed by atoms with Crippen molar-refractivity contribution in [2.75, 3.05) is 0 Å². The Hall–Kier alpha value is -2.82. The SMILES string of the molecule is Cc1ccc(C)c(CC(=O)N(Cc2ccc(Cl)cc2Cl)C(Cc2ccccc2)C(=O)NC(C)(C)C)c1. The van der Waals surface area contributed by atoms with Crippen LogP contribution in [0, 0.1) is 13.8 Å². The van der Waals surface area contributed by atoms with Gasteiger partial charge in [-0.15, -0.1) is 0 Å². The van der Waals surface area contributed by atoms with E-state index < -0.39 is 11.6 Å². The summed E-state index contributed by atoms with van der Waals surface area (Å²) in [5, 5.41) is 4.06. The Morgan fingerprint density at radius 3 is 2.25 bits per heavy atom. The van der Waals surface area contributed by atoms with Gasteiger partial charge in [-0.2, -0.15) is 0 Å². The maximum atomic E-state index is 13.9. The maximum Gasteiger partial charge on any atom is 0.243 e. The van der Waals surface area contributed by atoms with Crippen LogP contribution in [-0.4, -0.2) is 28.3 Å². The molecular weight excluding hydrogens is 491 g/mol. The van der Waals surface area contributed by atoms with Gasteiger partial charge in [0.05, 0.1) is 6.42 Å². The zero-order valence-corrected chi connectivity index (χ0v) is 23.1. The lowest BCUT2D eigenvalue weighted by molar-refractivity contribution is -0.141. The van der Waals surface area contributed by atoms with E-state index >= 15 is 0 Å². The van der Waals surface area contributed by atoms with Crippen molar-refractivity contribution in [1.29, 1.82) is 0 Å². The third kappa shape index (κ3) is 7.84. The van der Waals surface area contributed by atoms with Crippen molar-refractivity contribution < 1.29 is 9.59 Å². The summed E-state index contributed by atoms with van der Waals surface area (Å²) in [5.74, 6) is -0.342. The van der Waals surface area contributed by atoms with Crippen molar-refractivity contribution in [3.05, 3.63) is 105 Å². The Morgan fingerprint density at radius 1 is 0.917 bits per heavy atom. The molecule has 0 radical (unpaired) electrons. The highest BCUT2D eigenvalue weighted by molar-refractivity contribution is 6.35. The molecule has 3 aromatic rings. The molecule has 0 aliphatic rings. The van der Waals surface area contributed by atoms with E-state index in [1.54, 1.807) is 17.0 Å². The van der Waals surface area contributed by atoms with Gasteiger partial charge >= 0.3 is 0 Å². The van der Waals surface area contributed by atoms with Crippen LogP contribution in [0.15, 0.2) is 66.7 Å². The Labute approximate surface area is 224 Å². The first-order chi connectivity index (χ1) is 16.9. The van der Waals surface area contributed by atoms with Crippen LogP contribution in [0.5, 0.6) is 0 Å². The molecule has 1 N–H and O–H groups in total. The number of nitrogens with zero attached hydrogens (tertiary/aromatic N) is 1. The minimum absolute atomic E-state index is 0.139. The van der Waals surface area contributed by atoms with Gasteiger partial charge in [0.15, 0.2) is 0 Å². The number of amides is 2. The zero-order valence-electron chi connectivity index (χ0n) is 21.6. The normalized spacial score (nSPS) is 12.2. The summed E-state index contributed by atoms with van der Waals surface area (Å²) in [7, 11) is 0. The molecule has 0 aliphatic carbocycles. The number of carbonyl (C=O) groups excluding carboxylic acids is 2. The molecule has 0 heterocycles.